The molecule has 0 saturated carbocycles. The minimum absolute atomic E-state index is 0.132. The molecule has 6 nitrogen and oxygen atoms in total. The molecular weight excluding hydrogens is 314 g/mol. The highest BCUT2D eigenvalue weighted by Crippen LogP contribution is 2.22. The van der Waals surface area contributed by atoms with Gasteiger partial charge in [0.15, 0.2) is 9.84 Å². The number of amides is 1. The second kappa shape index (κ2) is 6.16. The van der Waals surface area contributed by atoms with Crippen molar-refractivity contribution in [2.75, 3.05) is 19.3 Å². The third-order valence-electron chi connectivity index (χ3n) is 4.09. The van der Waals surface area contributed by atoms with Crippen molar-refractivity contribution < 1.29 is 13.2 Å². The number of benzene rings is 1. The van der Waals surface area contributed by atoms with Crippen molar-refractivity contribution in [1.82, 2.24) is 14.7 Å². The normalized spacial score (nSPS) is 18.8. The molecule has 2 aromatic rings. The predicted octanol–water partition coefficient (Wildman–Crippen LogP) is 1.76. The molecule has 1 aromatic heterocycles. The summed E-state index contributed by atoms with van der Waals surface area (Å²) in [6.07, 6.45) is 6.67. The largest absolute Gasteiger partial charge is 0.337 e. The predicted molar refractivity (Wildman–Crippen MR) is 86.0 cm³/mol. The van der Waals surface area contributed by atoms with Crippen LogP contribution in [0.25, 0.3) is 0 Å². The first-order valence-corrected chi connectivity index (χ1v) is 9.43. The van der Waals surface area contributed by atoms with E-state index in [1.807, 2.05) is 16.9 Å². The zero-order valence-corrected chi connectivity index (χ0v) is 13.7. The van der Waals surface area contributed by atoms with E-state index >= 15 is 0 Å². The molecule has 0 aliphatic carbocycles. The van der Waals surface area contributed by atoms with Crippen molar-refractivity contribution in [3.05, 3.63) is 48.3 Å². The molecule has 1 fully saturated rings. The maximum atomic E-state index is 12.7. The summed E-state index contributed by atoms with van der Waals surface area (Å²) in [6.45, 7) is 1.27. The SMILES string of the molecule is CS(=O)(=O)c1cccc(C(=O)N2CCC[C@@H](n3cccn3)C2)c1. The Balaban J connectivity index is 1.80. The molecular formula is C16H19N3O3S. The summed E-state index contributed by atoms with van der Waals surface area (Å²) in [6, 6.07) is 8.27. The summed E-state index contributed by atoms with van der Waals surface area (Å²) in [4.78, 5) is 14.6. The molecule has 2 heterocycles. The summed E-state index contributed by atoms with van der Waals surface area (Å²) >= 11 is 0. The fraction of sp³-hybridized carbons (Fsp3) is 0.375. The second-order valence-corrected chi connectivity index (χ2v) is 7.85. The van der Waals surface area contributed by atoms with Gasteiger partial charge in [-0.25, -0.2) is 8.42 Å². The fourth-order valence-electron chi connectivity index (χ4n) is 2.89. The van der Waals surface area contributed by atoms with Crippen molar-refractivity contribution in [2.24, 2.45) is 0 Å². The van der Waals surface area contributed by atoms with Gasteiger partial charge in [0.2, 0.25) is 0 Å². The van der Waals surface area contributed by atoms with E-state index in [1.54, 1.807) is 23.2 Å². The third-order valence-corrected chi connectivity index (χ3v) is 5.20. The Morgan fingerprint density at radius 2 is 2.13 bits per heavy atom. The third kappa shape index (κ3) is 3.44. The Bertz CT molecular complexity index is 800. The molecule has 0 bridgehead atoms. The van der Waals surface area contributed by atoms with E-state index in [-0.39, 0.29) is 16.8 Å². The maximum Gasteiger partial charge on any atom is 0.253 e. The first-order chi connectivity index (χ1) is 10.9. The van der Waals surface area contributed by atoms with E-state index in [0.29, 0.717) is 18.7 Å². The highest BCUT2D eigenvalue weighted by molar-refractivity contribution is 7.90. The number of nitrogens with zero attached hydrogens (tertiary/aromatic N) is 3. The van der Waals surface area contributed by atoms with Crippen LogP contribution in [-0.2, 0) is 9.84 Å². The zero-order chi connectivity index (χ0) is 16.4. The van der Waals surface area contributed by atoms with Crippen LogP contribution in [0, 0.1) is 0 Å². The van der Waals surface area contributed by atoms with Crippen LogP contribution >= 0.6 is 0 Å². The Labute approximate surface area is 135 Å². The van der Waals surface area contributed by atoms with E-state index < -0.39 is 9.84 Å². The second-order valence-electron chi connectivity index (χ2n) is 5.83. The lowest BCUT2D eigenvalue weighted by molar-refractivity contribution is 0.0672. The topological polar surface area (TPSA) is 72.3 Å². The zero-order valence-electron chi connectivity index (χ0n) is 12.9. The molecule has 7 heteroatoms. The van der Waals surface area contributed by atoms with Gasteiger partial charge in [-0.3, -0.25) is 9.48 Å². The molecule has 1 aromatic carbocycles. The van der Waals surface area contributed by atoms with Crippen LogP contribution in [0.15, 0.2) is 47.6 Å². The number of rotatable bonds is 3. The minimum Gasteiger partial charge on any atom is -0.337 e. The average Bonchev–Trinajstić information content (AvgIpc) is 3.08. The molecule has 1 aliphatic rings. The molecule has 0 N–H and O–H groups in total. The molecule has 122 valence electrons. The van der Waals surface area contributed by atoms with E-state index in [9.17, 15) is 13.2 Å². The van der Waals surface area contributed by atoms with Gasteiger partial charge in [0.05, 0.1) is 10.9 Å². The van der Waals surface area contributed by atoms with Crippen LogP contribution in [0.3, 0.4) is 0 Å². The van der Waals surface area contributed by atoms with Gasteiger partial charge in [-0.2, -0.15) is 5.10 Å². The van der Waals surface area contributed by atoms with Crippen LogP contribution in [-0.4, -0.2) is 48.4 Å². The summed E-state index contributed by atoms with van der Waals surface area (Å²) in [5.41, 5.74) is 0.411. The van der Waals surface area contributed by atoms with Gasteiger partial charge < -0.3 is 4.90 Å². The number of aromatic nitrogens is 2. The van der Waals surface area contributed by atoms with Crippen molar-refractivity contribution in [3.63, 3.8) is 0 Å². The van der Waals surface area contributed by atoms with Crippen molar-refractivity contribution in [3.8, 4) is 0 Å². The average molecular weight is 333 g/mol. The Morgan fingerprint density at radius 1 is 1.30 bits per heavy atom. The molecule has 1 atom stereocenters. The van der Waals surface area contributed by atoms with Crippen LogP contribution in [0.5, 0.6) is 0 Å². The van der Waals surface area contributed by atoms with Gasteiger partial charge in [-0.15, -0.1) is 0 Å². The molecule has 0 radical (unpaired) electrons. The van der Waals surface area contributed by atoms with Gasteiger partial charge in [0.1, 0.15) is 0 Å². The molecule has 23 heavy (non-hydrogen) atoms. The molecule has 1 amide bonds. The first kappa shape index (κ1) is 15.7. The van der Waals surface area contributed by atoms with Gasteiger partial charge in [-0.1, -0.05) is 6.07 Å². The first-order valence-electron chi connectivity index (χ1n) is 7.54. The highest BCUT2D eigenvalue weighted by atomic mass is 32.2. The van der Waals surface area contributed by atoms with E-state index in [4.69, 9.17) is 0 Å². The number of hydrogen-bond acceptors (Lipinski definition) is 4. The van der Waals surface area contributed by atoms with Crippen molar-refractivity contribution in [1.29, 1.82) is 0 Å². The van der Waals surface area contributed by atoms with Crippen LogP contribution in [0.2, 0.25) is 0 Å². The van der Waals surface area contributed by atoms with E-state index in [0.717, 1.165) is 19.1 Å². The molecule has 1 saturated heterocycles. The lowest BCUT2D eigenvalue weighted by atomic mass is 10.0. The van der Waals surface area contributed by atoms with Crippen LogP contribution in [0.1, 0.15) is 29.2 Å². The number of sulfone groups is 1. The van der Waals surface area contributed by atoms with E-state index in [1.165, 1.54) is 12.1 Å². The smallest absolute Gasteiger partial charge is 0.253 e. The lowest BCUT2D eigenvalue weighted by Gasteiger charge is -2.33. The molecule has 1 aliphatic heterocycles. The minimum atomic E-state index is -3.32. The van der Waals surface area contributed by atoms with Crippen molar-refractivity contribution >= 4 is 15.7 Å². The summed E-state index contributed by atoms with van der Waals surface area (Å²) in [5, 5.41) is 4.25. The summed E-state index contributed by atoms with van der Waals surface area (Å²) in [5.74, 6) is -0.132. The standard InChI is InChI=1S/C16H19N3O3S/c1-23(21,22)15-7-2-5-13(11-15)16(20)18-9-3-6-14(12-18)19-10-4-8-17-19/h2,4-5,7-8,10-11,14H,3,6,9,12H2,1H3/t14-/m1/s1. The van der Waals surface area contributed by atoms with Gasteiger partial charge in [0, 0.05) is 37.3 Å². The molecule has 0 unspecified atom stereocenters. The number of carbonyl (C=O) groups is 1. The van der Waals surface area contributed by atoms with Gasteiger partial charge in [0.25, 0.3) is 5.91 Å². The number of likely N-dealkylation sites (tertiary alicyclic amines) is 1. The van der Waals surface area contributed by atoms with Gasteiger partial charge >= 0.3 is 0 Å². The highest BCUT2D eigenvalue weighted by Gasteiger charge is 2.26. The van der Waals surface area contributed by atoms with Gasteiger partial charge in [-0.05, 0) is 37.1 Å². The Morgan fingerprint density at radius 3 is 2.83 bits per heavy atom. The summed E-state index contributed by atoms with van der Waals surface area (Å²) in [7, 11) is -3.32. The lowest BCUT2D eigenvalue weighted by Crippen LogP contribution is -2.40. The van der Waals surface area contributed by atoms with Crippen molar-refractivity contribution in [2.45, 2.75) is 23.8 Å². The summed E-state index contributed by atoms with van der Waals surface area (Å²) < 4.78 is 25.2. The van der Waals surface area contributed by atoms with E-state index in [2.05, 4.69) is 5.10 Å². The van der Waals surface area contributed by atoms with Crippen LogP contribution in [0.4, 0.5) is 0 Å². The quantitative estimate of drug-likeness (QED) is 0.858. The molecule has 3 rings (SSSR count). The Hall–Kier alpha value is -2.15. The number of carbonyl (C=O) groups excluding carboxylic acids is 1. The molecule has 0 spiro atoms. The number of hydrogen-bond donors (Lipinski definition) is 0. The Kier molecular flexibility index (Phi) is 4.21. The van der Waals surface area contributed by atoms with Crippen LogP contribution < -0.4 is 0 Å². The fourth-order valence-corrected chi connectivity index (χ4v) is 3.56. The number of piperidine rings is 1. The monoisotopic (exact) mass is 333 g/mol. The maximum absolute atomic E-state index is 12.7.